The highest BCUT2D eigenvalue weighted by Crippen LogP contribution is 2.16. The van der Waals surface area contributed by atoms with Crippen molar-refractivity contribution in [2.75, 3.05) is 25.0 Å². The van der Waals surface area contributed by atoms with E-state index in [4.69, 9.17) is 4.74 Å². The highest BCUT2D eigenvalue weighted by atomic mass is 16.6. The summed E-state index contributed by atoms with van der Waals surface area (Å²) >= 11 is 0. The van der Waals surface area contributed by atoms with Gasteiger partial charge in [-0.15, -0.1) is 10.2 Å². The molecule has 29 heavy (non-hydrogen) atoms. The van der Waals surface area contributed by atoms with Crippen LogP contribution in [0, 0.1) is 6.92 Å². The number of piperidine rings is 1. The lowest BCUT2D eigenvalue weighted by Gasteiger charge is -2.31. The van der Waals surface area contributed by atoms with Gasteiger partial charge in [0.2, 0.25) is 0 Å². The van der Waals surface area contributed by atoms with E-state index in [9.17, 15) is 9.59 Å². The van der Waals surface area contributed by atoms with Gasteiger partial charge < -0.3 is 20.3 Å². The zero-order chi connectivity index (χ0) is 20.6. The van der Waals surface area contributed by atoms with Gasteiger partial charge in [0.05, 0.1) is 6.61 Å². The van der Waals surface area contributed by atoms with Crippen molar-refractivity contribution < 1.29 is 14.3 Å². The van der Waals surface area contributed by atoms with E-state index in [-0.39, 0.29) is 23.7 Å². The lowest BCUT2D eigenvalue weighted by Crippen LogP contribution is -2.42. The van der Waals surface area contributed by atoms with Crippen molar-refractivity contribution in [1.82, 2.24) is 20.4 Å². The molecular weight excluding hydrogens is 370 g/mol. The van der Waals surface area contributed by atoms with Gasteiger partial charge in [-0.05, 0) is 44.4 Å². The fourth-order valence-electron chi connectivity index (χ4n) is 3.14. The lowest BCUT2D eigenvalue weighted by molar-refractivity contribution is 0.0944. The van der Waals surface area contributed by atoms with E-state index in [1.807, 2.05) is 31.2 Å². The molecule has 0 spiro atoms. The zero-order valence-corrected chi connectivity index (χ0v) is 16.9. The number of carbonyl (C=O) groups is 2. The number of ether oxygens (including phenoxy) is 1. The maximum absolute atomic E-state index is 12.3. The quantitative estimate of drug-likeness (QED) is 0.778. The molecule has 1 aliphatic heterocycles. The number of amides is 2. The zero-order valence-electron chi connectivity index (χ0n) is 16.9. The first kappa shape index (κ1) is 20.6. The number of nitrogens with one attached hydrogen (secondary N) is 2. The van der Waals surface area contributed by atoms with Crippen molar-refractivity contribution in [3.05, 3.63) is 53.2 Å². The van der Waals surface area contributed by atoms with Crippen LogP contribution >= 0.6 is 0 Å². The first-order valence-electron chi connectivity index (χ1n) is 9.91. The second-order valence-corrected chi connectivity index (χ2v) is 7.08. The summed E-state index contributed by atoms with van der Waals surface area (Å²) in [4.78, 5) is 25.7. The van der Waals surface area contributed by atoms with Crippen LogP contribution in [0.3, 0.4) is 0 Å². The molecule has 2 N–H and O–H groups in total. The third kappa shape index (κ3) is 5.91. The van der Waals surface area contributed by atoms with Gasteiger partial charge in [-0.25, -0.2) is 4.79 Å². The fourth-order valence-corrected chi connectivity index (χ4v) is 3.14. The first-order valence-corrected chi connectivity index (χ1v) is 9.91. The molecule has 154 valence electrons. The number of aryl methyl sites for hydroxylation is 1. The van der Waals surface area contributed by atoms with E-state index in [1.54, 1.807) is 24.0 Å². The predicted molar refractivity (Wildman–Crippen MR) is 110 cm³/mol. The van der Waals surface area contributed by atoms with Gasteiger partial charge >= 0.3 is 6.09 Å². The Morgan fingerprint density at radius 2 is 1.83 bits per heavy atom. The second-order valence-electron chi connectivity index (χ2n) is 7.08. The molecule has 0 saturated carbocycles. The summed E-state index contributed by atoms with van der Waals surface area (Å²) in [6.45, 7) is 5.94. The average Bonchev–Trinajstić information content (AvgIpc) is 2.74. The molecule has 2 amide bonds. The molecule has 8 heteroatoms. The second kappa shape index (κ2) is 9.86. The van der Waals surface area contributed by atoms with Gasteiger partial charge in [-0.3, -0.25) is 4.79 Å². The van der Waals surface area contributed by atoms with Crippen molar-refractivity contribution in [1.29, 1.82) is 0 Å². The van der Waals surface area contributed by atoms with Crippen LogP contribution in [-0.4, -0.2) is 52.8 Å². The van der Waals surface area contributed by atoms with Crippen molar-refractivity contribution >= 4 is 17.8 Å². The summed E-state index contributed by atoms with van der Waals surface area (Å²) in [5.41, 5.74) is 2.49. The van der Waals surface area contributed by atoms with Crippen LogP contribution in [0.15, 0.2) is 36.4 Å². The normalized spacial score (nSPS) is 14.3. The molecule has 1 fully saturated rings. The Bertz CT molecular complexity index is 815. The topological polar surface area (TPSA) is 96.5 Å². The van der Waals surface area contributed by atoms with Gasteiger partial charge in [0.1, 0.15) is 5.82 Å². The number of carbonyl (C=O) groups excluding carboxylic acids is 2. The standard InChI is InChI=1S/C21H27N5O3/c1-3-29-21(28)26-12-10-17(11-13-26)23-19-9-8-18(24-25-19)20(27)22-14-16-6-4-15(2)5-7-16/h4-9,17H,3,10-14H2,1-2H3,(H,22,27)(H,23,25). The molecule has 0 bridgehead atoms. The van der Waals surface area contributed by atoms with Gasteiger partial charge in [0, 0.05) is 25.7 Å². The number of likely N-dealkylation sites (tertiary alicyclic amines) is 1. The number of anilines is 1. The maximum atomic E-state index is 12.3. The first-order chi connectivity index (χ1) is 14.0. The van der Waals surface area contributed by atoms with Gasteiger partial charge in [0.15, 0.2) is 5.69 Å². The van der Waals surface area contributed by atoms with Gasteiger partial charge in [0.25, 0.3) is 5.91 Å². The minimum absolute atomic E-state index is 0.205. The highest BCUT2D eigenvalue weighted by Gasteiger charge is 2.23. The van der Waals surface area contributed by atoms with Crippen molar-refractivity contribution in [3.8, 4) is 0 Å². The molecule has 0 atom stereocenters. The largest absolute Gasteiger partial charge is 0.450 e. The summed E-state index contributed by atoms with van der Waals surface area (Å²) in [6.07, 6.45) is 1.35. The van der Waals surface area contributed by atoms with E-state index in [1.165, 1.54) is 5.56 Å². The van der Waals surface area contributed by atoms with Crippen molar-refractivity contribution in [2.45, 2.75) is 39.3 Å². The Balaban J connectivity index is 1.45. The van der Waals surface area contributed by atoms with Crippen LogP contribution < -0.4 is 10.6 Å². The molecule has 8 nitrogen and oxygen atoms in total. The molecule has 2 heterocycles. The number of rotatable bonds is 6. The van der Waals surface area contributed by atoms with Crippen LogP contribution in [0.25, 0.3) is 0 Å². The van der Waals surface area contributed by atoms with Crippen LogP contribution in [0.2, 0.25) is 0 Å². The third-order valence-corrected chi connectivity index (χ3v) is 4.84. The molecule has 1 aromatic carbocycles. The molecular formula is C21H27N5O3. The monoisotopic (exact) mass is 397 g/mol. The molecule has 3 rings (SSSR count). The number of hydrogen-bond acceptors (Lipinski definition) is 6. The molecule has 0 radical (unpaired) electrons. The summed E-state index contributed by atoms with van der Waals surface area (Å²) in [5.74, 6) is 0.363. The van der Waals surface area contributed by atoms with Crippen LogP contribution in [0.4, 0.5) is 10.6 Å². The SMILES string of the molecule is CCOC(=O)N1CCC(Nc2ccc(C(=O)NCc3ccc(C)cc3)nn2)CC1. The molecule has 1 saturated heterocycles. The van der Waals surface area contributed by atoms with Gasteiger partial charge in [-0.1, -0.05) is 29.8 Å². The smallest absolute Gasteiger partial charge is 0.409 e. The molecule has 0 aliphatic carbocycles. The summed E-state index contributed by atoms with van der Waals surface area (Å²) in [7, 11) is 0. The number of hydrogen-bond donors (Lipinski definition) is 2. The van der Waals surface area contributed by atoms with E-state index in [0.29, 0.717) is 32.1 Å². The Morgan fingerprint density at radius 1 is 1.10 bits per heavy atom. The Kier molecular flexibility index (Phi) is 6.99. The minimum atomic E-state index is -0.258. The molecule has 2 aromatic rings. The Morgan fingerprint density at radius 3 is 2.45 bits per heavy atom. The van der Waals surface area contributed by atoms with Crippen LogP contribution in [-0.2, 0) is 11.3 Å². The van der Waals surface area contributed by atoms with E-state index < -0.39 is 0 Å². The highest BCUT2D eigenvalue weighted by molar-refractivity contribution is 5.92. The maximum Gasteiger partial charge on any atom is 0.409 e. The lowest BCUT2D eigenvalue weighted by atomic mass is 10.1. The number of nitrogens with zero attached hydrogens (tertiary/aromatic N) is 3. The molecule has 1 aromatic heterocycles. The van der Waals surface area contributed by atoms with E-state index >= 15 is 0 Å². The predicted octanol–water partition coefficient (Wildman–Crippen LogP) is 2.75. The van der Waals surface area contributed by atoms with Crippen molar-refractivity contribution in [3.63, 3.8) is 0 Å². The van der Waals surface area contributed by atoms with Crippen molar-refractivity contribution in [2.24, 2.45) is 0 Å². The Hall–Kier alpha value is -3.16. The number of benzene rings is 1. The van der Waals surface area contributed by atoms with Gasteiger partial charge in [-0.2, -0.15) is 0 Å². The Labute approximate surface area is 170 Å². The average molecular weight is 397 g/mol. The van der Waals surface area contributed by atoms with E-state index in [2.05, 4.69) is 20.8 Å². The summed E-state index contributed by atoms with van der Waals surface area (Å²) in [6, 6.07) is 11.6. The third-order valence-electron chi connectivity index (χ3n) is 4.84. The number of aromatic nitrogens is 2. The summed E-state index contributed by atoms with van der Waals surface area (Å²) < 4.78 is 5.03. The van der Waals surface area contributed by atoms with Crippen LogP contribution in [0.5, 0.6) is 0 Å². The minimum Gasteiger partial charge on any atom is -0.450 e. The van der Waals surface area contributed by atoms with E-state index in [0.717, 1.165) is 18.4 Å². The summed E-state index contributed by atoms with van der Waals surface area (Å²) in [5, 5.41) is 14.3. The molecule has 1 aliphatic rings. The molecule has 0 unspecified atom stereocenters. The fraction of sp³-hybridized carbons (Fsp3) is 0.429. The van der Waals surface area contributed by atoms with Crippen LogP contribution in [0.1, 0.15) is 41.4 Å².